The van der Waals surface area contributed by atoms with Crippen LogP contribution in [0.5, 0.6) is 0 Å². The topological polar surface area (TPSA) is 76.8 Å². The monoisotopic (exact) mass is 298 g/mol. The minimum absolute atomic E-state index is 0.0797. The number of rotatable bonds is 4. The van der Waals surface area contributed by atoms with Gasteiger partial charge in [-0.2, -0.15) is 0 Å². The molecule has 0 aliphatic rings. The number of hydrogen-bond donors (Lipinski definition) is 2. The first-order valence-electron chi connectivity index (χ1n) is 6.82. The molecule has 2 aromatic carbocycles. The highest BCUT2D eigenvalue weighted by molar-refractivity contribution is 5.80. The first-order valence-corrected chi connectivity index (χ1v) is 6.82. The molecular formula is C16H15FN4O. The normalized spacial score (nSPS) is 11.0. The van der Waals surface area contributed by atoms with Crippen LogP contribution in [-0.4, -0.2) is 15.0 Å². The maximum atomic E-state index is 13.9. The maximum Gasteiger partial charge on any atom is 0.237 e. The van der Waals surface area contributed by atoms with Crippen LogP contribution >= 0.6 is 0 Å². The predicted octanol–water partition coefficient (Wildman–Crippen LogP) is 1.59. The lowest BCUT2D eigenvalue weighted by atomic mass is 10.2. The SMILES string of the molecule is N=c1n(CC(N)=O)c2ccccc2n1Cc1ccccc1F. The van der Waals surface area contributed by atoms with Gasteiger partial charge < -0.3 is 14.9 Å². The Hall–Kier alpha value is -2.89. The van der Waals surface area contributed by atoms with Gasteiger partial charge in [-0.05, 0) is 18.2 Å². The summed E-state index contributed by atoms with van der Waals surface area (Å²) in [5, 5.41) is 8.28. The summed E-state index contributed by atoms with van der Waals surface area (Å²) in [6.07, 6.45) is 0. The second kappa shape index (κ2) is 5.48. The Labute approximate surface area is 125 Å². The molecule has 1 heterocycles. The third-order valence-corrected chi connectivity index (χ3v) is 3.57. The number of fused-ring (bicyclic) bond motifs is 1. The van der Waals surface area contributed by atoms with Crippen molar-refractivity contribution in [1.29, 1.82) is 5.41 Å². The molecule has 0 aliphatic carbocycles. The third kappa shape index (κ3) is 2.39. The Morgan fingerprint density at radius 1 is 1.05 bits per heavy atom. The lowest BCUT2D eigenvalue weighted by Crippen LogP contribution is -2.30. The number of nitrogens with one attached hydrogen (secondary N) is 1. The molecule has 0 bridgehead atoms. The van der Waals surface area contributed by atoms with Crippen molar-refractivity contribution in [3.8, 4) is 0 Å². The second-order valence-electron chi connectivity index (χ2n) is 5.04. The highest BCUT2D eigenvalue weighted by atomic mass is 19.1. The van der Waals surface area contributed by atoms with E-state index in [1.807, 2.05) is 24.3 Å². The molecular weight excluding hydrogens is 283 g/mol. The van der Waals surface area contributed by atoms with Gasteiger partial charge >= 0.3 is 0 Å². The summed E-state index contributed by atoms with van der Waals surface area (Å²) in [6.45, 7) is 0.140. The quantitative estimate of drug-likeness (QED) is 0.754. The van der Waals surface area contributed by atoms with E-state index in [4.69, 9.17) is 11.1 Å². The van der Waals surface area contributed by atoms with E-state index in [1.165, 1.54) is 10.6 Å². The lowest BCUT2D eigenvalue weighted by Gasteiger charge is -2.06. The van der Waals surface area contributed by atoms with Crippen molar-refractivity contribution in [3.63, 3.8) is 0 Å². The molecule has 0 fully saturated rings. The summed E-state index contributed by atoms with van der Waals surface area (Å²) in [5.41, 5.74) is 7.35. The van der Waals surface area contributed by atoms with Gasteiger partial charge in [0.1, 0.15) is 12.4 Å². The number of carbonyl (C=O) groups excluding carboxylic acids is 1. The molecule has 1 amide bonds. The largest absolute Gasteiger partial charge is 0.368 e. The molecule has 0 radical (unpaired) electrons. The summed E-state index contributed by atoms with van der Waals surface area (Å²) in [6, 6.07) is 13.8. The van der Waals surface area contributed by atoms with Crippen LogP contribution in [0.2, 0.25) is 0 Å². The van der Waals surface area contributed by atoms with Gasteiger partial charge in [0.2, 0.25) is 11.5 Å². The van der Waals surface area contributed by atoms with Gasteiger partial charge in [0.15, 0.2) is 0 Å². The number of para-hydroxylation sites is 2. The molecule has 0 saturated carbocycles. The molecule has 0 saturated heterocycles. The first kappa shape index (κ1) is 14.1. The van der Waals surface area contributed by atoms with Crippen molar-refractivity contribution in [2.75, 3.05) is 0 Å². The van der Waals surface area contributed by atoms with Gasteiger partial charge in [-0.15, -0.1) is 0 Å². The molecule has 3 aromatic rings. The van der Waals surface area contributed by atoms with E-state index < -0.39 is 5.91 Å². The fourth-order valence-corrected chi connectivity index (χ4v) is 2.57. The molecule has 0 unspecified atom stereocenters. The second-order valence-corrected chi connectivity index (χ2v) is 5.04. The Bertz CT molecular complexity index is 910. The van der Waals surface area contributed by atoms with E-state index in [0.717, 1.165) is 11.0 Å². The van der Waals surface area contributed by atoms with Crippen molar-refractivity contribution in [1.82, 2.24) is 9.13 Å². The van der Waals surface area contributed by atoms with Crippen LogP contribution in [0, 0.1) is 11.2 Å². The van der Waals surface area contributed by atoms with E-state index in [0.29, 0.717) is 5.56 Å². The summed E-state index contributed by atoms with van der Waals surface area (Å²) in [4.78, 5) is 11.2. The summed E-state index contributed by atoms with van der Waals surface area (Å²) in [7, 11) is 0. The highest BCUT2D eigenvalue weighted by Crippen LogP contribution is 2.15. The lowest BCUT2D eigenvalue weighted by molar-refractivity contribution is -0.118. The predicted molar refractivity (Wildman–Crippen MR) is 80.5 cm³/mol. The van der Waals surface area contributed by atoms with Crippen molar-refractivity contribution in [3.05, 3.63) is 65.5 Å². The van der Waals surface area contributed by atoms with Gasteiger partial charge in [-0.1, -0.05) is 30.3 Å². The number of aromatic nitrogens is 2. The first-order chi connectivity index (χ1) is 10.6. The average Bonchev–Trinajstić information content (AvgIpc) is 2.75. The molecule has 5 nitrogen and oxygen atoms in total. The van der Waals surface area contributed by atoms with Crippen LogP contribution in [0.1, 0.15) is 5.56 Å². The Kier molecular flexibility index (Phi) is 3.50. The standard InChI is InChI=1S/C16H15FN4O/c17-12-6-2-1-5-11(12)9-20-13-7-3-4-8-14(13)21(16(20)19)10-15(18)22/h1-8,19H,9-10H2,(H2,18,22). The molecule has 6 heteroatoms. The number of nitrogens with zero attached hydrogens (tertiary/aromatic N) is 2. The minimum Gasteiger partial charge on any atom is -0.368 e. The van der Waals surface area contributed by atoms with Gasteiger partial charge in [0.25, 0.3) is 0 Å². The molecule has 1 aromatic heterocycles. The van der Waals surface area contributed by atoms with E-state index in [-0.39, 0.29) is 24.5 Å². The molecule has 112 valence electrons. The van der Waals surface area contributed by atoms with Crippen LogP contribution in [0.25, 0.3) is 11.0 Å². The Morgan fingerprint density at radius 2 is 1.64 bits per heavy atom. The van der Waals surface area contributed by atoms with Crippen LogP contribution in [0.3, 0.4) is 0 Å². The number of primary amides is 1. The smallest absolute Gasteiger partial charge is 0.237 e. The van der Waals surface area contributed by atoms with Crippen LogP contribution in [0.4, 0.5) is 4.39 Å². The Morgan fingerprint density at radius 3 is 2.27 bits per heavy atom. The minimum atomic E-state index is -0.521. The average molecular weight is 298 g/mol. The number of halogens is 1. The van der Waals surface area contributed by atoms with E-state index >= 15 is 0 Å². The number of hydrogen-bond acceptors (Lipinski definition) is 2. The summed E-state index contributed by atoms with van der Waals surface area (Å²) < 4.78 is 17.1. The number of imidazole rings is 1. The fourth-order valence-electron chi connectivity index (χ4n) is 2.57. The van der Waals surface area contributed by atoms with Crippen LogP contribution < -0.4 is 11.4 Å². The maximum absolute atomic E-state index is 13.9. The zero-order valence-electron chi connectivity index (χ0n) is 11.8. The van der Waals surface area contributed by atoms with E-state index in [9.17, 15) is 9.18 Å². The van der Waals surface area contributed by atoms with Gasteiger partial charge in [-0.25, -0.2) is 4.39 Å². The number of benzene rings is 2. The van der Waals surface area contributed by atoms with Crippen molar-refractivity contribution in [2.45, 2.75) is 13.1 Å². The van der Waals surface area contributed by atoms with Crippen molar-refractivity contribution >= 4 is 16.9 Å². The molecule has 0 atom stereocenters. The fraction of sp³-hybridized carbons (Fsp3) is 0.125. The van der Waals surface area contributed by atoms with E-state index in [1.54, 1.807) is 22.8 Å². The number of nitrogens with two attached hydrogens (primary N) is 1. The van der Waals surface area contributed by atoms with E-state index in [2.05, 4.69) is 0 Å². The molecule has 3 rings (SSSR count). The van der Waals surface area contributed by atoms with Crippen molar-refractivity contribution < 1.29 is 9.18 Å². The zero-order chi connectivity index (χ0) is 15.7. The van der Waals surface area contributed by atoms with Gasteiger partial charge in [-0.3, -0.25) is 10.2 Å². The Balaban J connectivity index is 2.18. The summed E-state index contributed by atoms with van der Waals surface area (Å²) >= 11 is 0. The zero-order valence-corrected chi connectivity index (χ0v) is 11.8. The number of carbonyl (C=O) groups is 1. The molecule has 0 aliphatic heterocycles. The molecule has 22 heavy (non-hydrogen) atoms. The summed E-state index contributed by atoms with van der Waals surface area (Å²) in [5.74, 6) is -0.839. The van der Waals surface area contributed by atoms with Crippen LogP contribution in [0.15, 0.2) is 48.5 Å². The van der Waals surface area contributed by atoms with Gasteiger partial charge in [0.05, 0.1) is 17.6 Å². The highest BCUT2D eigenvalue weighted by Gasteiger charge is 2.13. The number of amides is 1. The molecule has 0 spiro atoms. The third-order valence-electron chi connectivity index (χ3n) is 3.57. The molecule has 3 N–H and O–H groups in total. The van der Waals surface area contributed by atoms with Crippen LogP contribution in [-0.2, 0) is 17.9 Å². The van der Waals surface area contributed by atoms with Gasteiger partial charge in [0, 0.05) is 5.56 Å². The van der Waals surface area contributed by atoms with Crippen molar-refractivity contribution in [2.24, 2.45) is 5.73 Å².